The summed E-state index contributed by atoms with van der Waals surface area (Å²) in [6.45, 7) is 11.0. The Kier molecular flexibility index (Phi) is 3.96. The third-order valence-corrected chi connectivity index (χ3v) is 4.90. The molecule has 1 saturated heterocycles. The molecule has 0 N–H and O–H groups in total. The van der Waals surface area contributed by atoms with Gasteiger partial charge < -0.3 is 9.64 Å². The van der Waals surface area contributed by atoms with E-state index in [2.05, 4.69) is 82.0 Å². The highest BCUT2D eigenvalue weighted by molar-refractivity contribution is 5.57. The first-order chi connectivity index (χ1) is 10.5. The van der Waals surface area contributed by atoms with Crippen LogP contribution in [-0.2, 0) is 4.74 Å². The van der Waals surface area contributed by atoms with E-state index < -0.39 is 0 Å². The summed E-state index contributed by atoms with van der Waals surface area (Å²) in [4.78, 5) is 2.44. The molecule has 1 fully saturated rings. The molecule has 1 aliphatic heterocycles. The zero-order valence-corrected chi connectivity index (χ0v) is 14.1. The molecule has 3 rings (SSSR count). The Morgan fingerprint density at radius 2 is 1.41 bits per heavy atom. The van der Waals surface area contributed by atoms with E-state index >= 15 is 0 Å². The highest BCUT2D eigenvalue weighted by Gasteiger charge is 2.39. The Balaban J connectivity index is 2.12. The molecule has 3 atom stereocenters. The van der Waals surface area contributed by atoms with Gasteiger partial charge in [-0.05, 0) is 57.4 Å². The third-order valence-electron chi connectivity index (χ3n) is 4.90. The zero-order valence-electron chi connectivity index (χ0n) is 14.1. The quantitative estimate of drug-likeness (QED) is 0.779. The Morgan fingerprint density at radius 3 is 2.05 bits per heavy atom. The van der Waals surface area contributed by atoms with Crippen molar-refractivity contribution < 1.29 is 4.74 Å². The number of hydrogen-bond donors (Lipinski definition) is 0. The fourth-order valence-electron chi connectivity index (χ4n) is 3.45. The molecule has 2 nitrogen and oxygen atoms in total. The maximum Gasteiger partial charge on any atom is 0.157 e. The van der Waals surface area contributed by atoms with Gasteiger partial charge in [-0.3, -0.25) is 0 Å². The third kappa shape index (κ3) is 2.42. The van der Waals surface area contributed by atoms with Crippen molar-refractivity contribution in [1.82, 2.24) is 0 Å². The van der Waals surface area contributed by atoms with E-state index in [1.54, 1.807) is 0 Å². The molecule has 2 aromatic rings. The molecule has 0 saturated carbocycles. The second-order valence-corrected chi connectivity index (χ2v) is 6.43. The molecule has 116 valence electrons. The topological polar surface area (TPSA) is 12.5 Å². The average molecular weight is 295 g/mol. The van der Waals surface area contributed by atoms with Gasteiger partial charge in [-0.15, -0.1) is 0 Å². The summed E-state index contributed by atoms with van der Waals surface area (Å²) >= 11 is 0. The number of benzene rings is 2. The van der Waals surface area contributed by atoms with Crippen LogP contribution < -0.4 is 4.90 Å². The number of anilines is 1. The van der Waals surface area contributed by atoms with E-state index in [0.717, 1.165) is 0 Å². The van der Waals surface area contributed by atoms with Crippen LogP contribution in [0, 0.1) is 20.8 Å². The summed E-state index contributed by atoms with van der Waals surface area (Å²) in [7, 11) is 0. The van der Waals surface area contributed by atoms with E-state index in [0.29, 0.717) is 6.04 Å². The highest BCUT2D eigenvalue weighted by atomic mass is 16.5. The maximum absolute atomic E-state index is 6.37. The second kappa shape index (κ2) is 5.77. The molecule has 0 radical (unpaired) electrons. The standard InChI is InChI=1S/C20H25NO/c1-13-9-6-7-12-18(13)21-16(4)17(5)22-20(21)19-14(2)10-8-11-15(19)3/h6-12,16-17,20H,1-5H3/t16-,17?,20?/m0/s1. The van der Waals surface area contributed by atoms with Crippen LogP contribution >= 0.6 is 0 Å². The normalized spacial score (nSPS) is 24.8. The molecule has 0 aromatic heterocycles. The lowest BCUT2D eigenvalue weighted by Gasteiger charge is -2.32. The van der Waals surface area contributed by atoms with Crippen LogP contribution in [0.1, 0.15) is 42.3 Å². The lowest BCUT2D eigenvalue weighted by Crippen LogP contribution is -2.33. The predicted octanol–water partition coefficient (Wildman–Crippen LogP) is 4.92. The number of rotatable bonds is 2. The van der Waals surface area contributed by atoms with Crippen molar-refractivity contribution in [2.24, 2.45) is 0 Å². The first kappa shape index (κ1) is 15.1. The van der Waals surface area contributed by atoms with Crippen LogP contribution in [0.3, 0.4) is 0 Å². The Labute approximate surface area is 133 Å². The molecule has 0 spiro atoms. The van der Waals surface area contributed by atoms with Gasteiger partial charge in [-0.25, -0.2) is 0 Å². The molecule has 1 heterocycles. The Hall–Kier alpha value is -1.80. The number of aryl methyl sites for hydroxylation is 3. The SMILES string of the molecule is Cc1ccccc1N1C(c2c(C)cccc2C)OC(C)[C@@H]1C. The Morgan fingerprint density at radius 1 is 0.818 bits per heavy atom. The van der Waals surface area contributed by atoms with E-state index in [4.69, 9.17) is 4.74 Å². The molecular weight excluding hydrogens is 270 g/mol. The summed E-state index contributed by atoms with van der Waals surface area (Å²) in [5.41, 5.74) is 6.46. The summed E-state index contributed by atoms with van der Waals surface area (Å²) in [6, 6.07) is 15.4. The largest absolute Gasteiger partial charge is 0.349 e. The van der Waals surface area contributed by atoms with Crippen LogP contribution in [-0.4, -0.2) is 12.1 Å². The minimum Gasteiger partial charge on any atom is -0.349 e. The highest BCUT2D eigenvalue weighted by Crippen LogP contribution is 2.41. The van der Waals surface area contributed by atoms with Gasteiger partial charge >= 0.3 is 0 Å². The fourth-order valence-corrected chi connectivity index (χ4v) is 3.45. The number of ether oxygens (including phenoxy) is 1. The molecular formula is C20H25NO. The first-order valence-corrected chi connectivity index (χ1v) is 8.06. The molecule has 0 bridgehead atoms. The van der Waals surface area contributed by atoms with Gasteiger partial charge in [0.2, 0.25) is 0 Å². The summed E-state index contributed by atoms with van der Waals surface area (Å²) in [6.07, 6.45) is 0.205. The van der Waals surface area contributed by atoms with Gasteiger partial charge in [0, 0.05) is 11.3 Å². The zero-order chi connectivity index (χ0) is 15.9. The van der Waals surface area contributed by atoms with E-state index in [1.165, 1.54) is 27.9 Å². The van der Waals surface area contributed by atoms with Crippen molar-refractivity contribution in [3.63, 3.8) is 0 Å². The van der Waals surface area contributed by atoms with Gasteiger partial charge in [0.05, 0.1) is 12.1 Å². The van der Waals surface area contributed by atoms with Gasteiger partial charge in [0.1, 0.15) is 0 Å². The minimum absolute atomic E-state index is 0.00713. The number of hydrogen-bond acceptors (Lipinski definition) is 2. The van der Waals surface area contributed by atoms with Gasteiger partial charge in [-0.2, -0.15) is 0 Å². The Bertz CT molecular complexity index is 659. The number of nitrogens with zero attached hydrogens (tertiary/aromatic N) is 1. The minimum atomic E-state index is -0.00713. The van der Waals surface area contributed by atoms with E-state index in [9.17, 15) is 0 Å². The van der Waals surface area contributed by atoms with Crippen LogP contribution in [0.5, 0.6) is 0 Å². The molecule has 22 heavy (non-hydrogen) atoms. The van der Waals surface area contributed by atoms with Crippen molar-refractivity contribution in [3.8, 4) is 0 Å². The van der Waals surface area contributed by atoms with Crippen LogP contribution in [0.2, 0.25) is 0 Å². The lowest BCUT2D eigenvalue weighted by molar-refractivity contribution is 0.0528. The van der Waals surface area contributed by atoms with Gasteiger partial charge in [-0.1, -0.05) is 36.4 Å². The van der Waals surface area contributed by atoms with Crippen molar-refractivity contribution in [2.45, 2.75) is 53.0 Å². The smallest absolute Gasteiger partial charge is 0.157 e. The molecule has 0 amide bonds. The van der Waals surface area contributed by atoms with E-state index in [-0.39, 0.29) is 12.3 Å². The van der Waals surface area contributed by atoms with Gasteiger partial charge in [0.25, 0.3) is 0 Å². The first-order valence-electron chi connectivity index (χ1n) is 8.06. The summed E-state index contributed by atoms with van der Waals surface area (Å²) in [5.74, 6) is 0. The van der Waals surface area contributed by atoms with Crippen molar-refractivity contribution in [3.05, 3.63) is 64.7 Å². The van der Waals surface area contributed by atoms with Crippen molar-refractivity contribution >= 4 is 5.69 Å². The molecule has 2 aromatic carbocycles. The van der Waals surface area contributed by atoms with E-state index in [1.807, 2.05) is 0 Å². The number of para-hydroxylation sites is 1. The summed E-state index contributed by atoms with van der Waals surface area (Å²) < 4.78 is 6.37. The summed E-state index contributed by atoms with van der Waals surface area (Å²) in [5, 5.41) is 0. The monoisotopic (exact) mass is 295 g/mol. The lowest BCUT2D eigenvalue weighted by atomic mass is 10.00. The molecule has 2 unspecified atom stereocenters. The molecule has 1 aliphatic rings. The molecule has 2 heteroatoms. The van der Waals surface area contributed by atoms with Crippen molar-refractivity contribution in [2.75, 3.05) is 4.90 Å². The predicted molar refractivity (Wildman–Crippen MR) is 92.3 cm³/mol. The molecule has 0 aliphatic carbocycles. The van der Waals surface area contributed by atoms with Crippen LogP contribution in [0.15, 0.2) is 42.5 Å². The van der Waals surface area contributed by atoms with Crippen molar-refractivity contribution in [1.29, 1.82) is 0 Å². The fraction of sp³-hybridized carbons (Fsp3) is 0.400. The van der Waals surface area contributed by atoms with Gasteiger partial charge in [0.15, 0.2) is 6.23 Å². The second-order valence-electron chi connectivity index (χ2n) is 6.43. The maximum atomic E-state index is 6.37. The van der Waals surface area contributed by atoms with Crippen LogP contribution in [0.25, 0.3) is 0 Å². The van der Waals surface area contributed by atoms with Crippen LogP contribution in [0.4, 0.5) is 5.69 Å². The average Bonchev–Trinajstić information content (AvgIpc) is 2.75.